The average Bonchev–Trinajstić information content (AvgIpc) is 2.75. The normalized spacial score (nSPS) is 29.6. The molecule has 6 unspecified atom stereocenters. The van der Waals surface area contributed by atoms with E-state index in [2.05, 4.69) is 5.32 Å². The number of amides is 1. The van der Waals surface area contributed by atoms with Crippen LogP contribution >= 0.6 is 0 Å². The van der Waals surface area contributed by atoms with Crippen molar-refractivity contribution in [2.24, 2.45) is 0 Å². The highest BCUT2D eigenvalue weighted by atomic mass is 16.8. The summed E-state index contributed by atoms with van der Waals surface area (Å²) in [4.78, 5) is 23.6. The van der Waals surface area contributed by atoms with Crippen LogP contribution in [0.1, 0.15) is 27.7 Å². The monoisotopic (exact) mass is 459 g/mol. The molecule has 2 aliphatic rings. The van der Waals surface area contributed by atoms with E-state index in [-0.39, 0.29) is 12.5 Å². The Hall–Kier alpha value is -2.72. The molecule has 0 bridgehead atoms. The summed E-state index contributed by atoms with van der Waals surface area (Å²) in [5.74, 6) is -1.85. The van der Waals surface area contributed by atoms with Crippen LogP contribution in [0.15, 0.2) is 42.5 Å². The van der Waals surface area contributed by atoms with Crippen LogP contribution in [0.4, 0.5) is 0 Å². The van der Waals surface area contributed by atoms with Crippen LogP contribution in [-0.4, -0.2) is 66.1 Å². The van der Waals surface area contributed by atoms with Crippen molar-refractivity contribution in [3.8, 4) is 5.75 Å². The Morgan fingerprint density at radius 1 is 1.18 bits per heavy atom. The maximum Gasteiger partial charge on any atom is 0.332 e. The second-order valence-corrected chi connectivity index (χ2v) is 8.77. The van der Waals surface area contributed by atoms with Gasteiger partial charge >= 0.3 is 5.97 Å². The minimum absolute atomic E-state index is 0.198. The molecular formula is C24H29NO8. The van der Waals surface area contributed by atoms with Crippen molar-refractivity contribution in [3.05, 3.63) is 42.5 Å². The fraction of sp³-hybridized carbons (Fsp3) is 0.500. The van der Waals surface area contributed by atoms with Crippen molar-refractivity contribution in [2.75, 3.05) is 6.61 Å². The maximum atomic E-state index is 12.1. The molecule has 0 aromatic heterocycles. The first-order valence-corrected chi connectivity index (χ1v) is 10.9. The second-order valence-electron chi connectivity index (χ2n) is 8.77. The lowest BCUT2D eigenvalue weighted by Crippen LogP contribution is -2.70. The first-order valence-electron chi connectivity index (χ1n) is 10.9. The SMILES string of the molecule is CC(=O)NC1C(Oc2ccc3ccccc3c2)OC2COC(C)(C)OC2C1OC(C)C(=O)O. The van der Waals surface area contributed by atoms with Gasteiger partial charge in [0.05, 0.1) is 6.61 Å². The molecule has 0 spiro atoms. The number of rotatable bonds is 6. The largest absolute Gasteiger partial charge is 0.479 e. The fourth-order valence-electron chi connectivity index (χ4n) is 4.14. The van der Waals surface area contributed by atoms with Crippen molar-refractivity contribution >= 4 is 22.6 Å². The van der Waals surface area contributed by atoms with E-state index in [1.165, 1.54) is 13.8 Å². The molecule has 0 radical (unpaired) electrons. The molecule has 2 N–H and O–H groups in total. The van der Waals surface area contributed by atoms with E-state index in [4.69, 9.17) is 23.7 Å². The van der Waals surface area contributed by atoms with E-state index < -0.39 is 48.5 Å². The highest BCUT2D eigenvalue weighted by Crippen LogP contribution is 2.35. The Kier molecular flexibility index (Phi) is 6.58. The molecule has 2 saturated heterocycles. The predicted octanol–water partition coefficient (Wildman–Crippen LogP) is 2.46. The third-order valence-corrected chi connectivity index (χ3v) is 5.71. The summed E-state index contributed by atoms with van der Waals surface area (Å²) < 4.78 is 30.1. The summed E-state index contributed by atoms with van der Waals surface area (Å²) in [6.45, 7) is 6.51. The maximum absolute atomic E-state index is 12.1. The Balaban J connectivity index is 1.66. The van der Waals surface area contributed by atoms with E-state index in [0.717, 1.165) is 10.8 Å². The minimum atomic E-state index is -1.14. The quantitative estimate of drug-likeness (QED) is 0.678. The smallest absolute Gasteiger partial charge is 0.332 e. The van der Waals surface area contributed by atoms with Crippen molar-refractivity contribution in [2.45, 2.75) is 70.2 Å². The van der Waals surface area contributed by atoms with Crippen LogP contribution in [0.3, 0.4) is 0 Å². The molecule has 2 heterocycles. The van der Waals surface area contributed by atoms with Gasteiger partial charge in [-0.1, -0.05) is 30.3 Å². The van der Waals surface area contributed by atoms with Crippen molar-refractivity contribution in [1.82, 2.24) is 5.32 Å². The first kappa shape index (κ1) is 23.4. The zero-order chi connectivity index (χ0) is 23.8. The van der Waals surface area contributed by atoms with E-state index >= 15 is 0 Å². The van der Waals surface area contributed by atoms with Gasteiger partial charge in [-0.2, -0.15) is 0 Å². The third kappa shape index (κ3) is 5.27. The first-order chi connectivity index (χ1) is 15.6. The van der Waals surface area contributed by atoms with Gasteiger partial charge in [-0.05, 0) is 43.7 Å². The molecule has 1 amide bonds. The lowest BCUT2D eigenvalue weighted by Gasteiger charge is -2.51. The number of benzene rings is 2. The van der Waals surface area contributed by atoms with Crippen LogP contribution in [-0.2, 0) is 28.5 Å². The highest BCUT2D eigenvalue weighted by molar-refractivity contribution is 5.83. The number of carbonyl (C=O) groups excluding carboxylic acids is 1. The number of carboxylic acid groups (broad SMARTS) is 1. The number of carbonyl (C=O) groups is 2. The van der Waals surface area contributed by atoms with Gasteiger partial charge in [0.25, 0.3) is 0 Å². The zero-order valence-electron chi connectivity index (χ0n) is 19.0. The van der Waals surface area contributed by atoms with Crippen LogP contribution < -0.4 is 10.1 Å². The highest BCUT2D eigenvalue weighted by Gasteiger charge is 2.54. The molecule has 4 rings (SSSR count). The minimum Gasteiger partial charge on any atom is -0.479 e. The lowest BCUT2D eigenvalue weighted by atomic mass is 9.94. The molecule has 6 atom stereocenters. The van der Waals surface area contributed by atoms with Gasteiger partial charge < -0.3 is 34.1 Å². The third-order valence-electron chi connectivity index (χ3n) is 5.71. The molecular weight excluding hydrogens is 430 g/mol. The van der Waals surface area contributed by atoms with Gasteiger partial charge in [-0.3, -0.25) is 4.79 Å². The molecule has 33 heavy (non-hydrogen) atoms. The zero-order valence-corrected chi connectivity index (χ0v) is 19.0. The number of ether oxygens (including phenoxy) is 5. The summed E-state index contributed by atoms with van der Waals surface area (Å²) in [7, 11) is 0. The number of fused-ring (bicyclic) bond motifs is 2. The van der Waals surface area contributed by atoms with Gasteiger partial charge in [-0.15, -0.1) is 0 Å². The molecule has 9 nitrogen and oxygen atoms in total. The standard InChI is InChI=1S/C24H29NO8/c1-13(22(27)28)30-21-19(25-14(2)26)23(32-18-12-29-24(3,4)33-20(18)21)31-17-10-9-15-7-5-6-8-16(15)11-17/h5-11,13,18-21,23H,12H2,1-4H3,(H,25,26)(H,27,28). The van der Waals surface area contributed by atoms with E-state index in [0.29, 0.717) is 5.75 Å². The van der Waals surface area contributed by atoms with Gasteiger partial charge in [-0.25, -0.2) is 4.79 Å². The predicted molar refractivity (Wildman–Crippen MR) is 118 cm³/mol. The summed E-state index contributed by atoms with van der Waals surface area (Å²) in [5, 5.41) is 14.3. The van der Waals surface area contributed by atoms with Gasteiger partial charge in [0.2, 0.25) is 12.2 Å². The number of aliphatic carboxylic acids is 1. The van der Waals surface area contributed by atoms with Crippen LogP contribution in [0.25, 0.3) is 10.8 Å². The van der Waals surface area contributed by atoms with E-state index in [1.54, 1.807) is 13.8 Å². The molecule has 2 aliphatic heterocycles. The number of hydrogen-bond acceptors (Lipinski definition) is 7. The Morgan fingerprint density at radius 2 is 1.91 bits per heavy atom. The van der Waals surface area contributed by atoms with Gasteiger partial charge in [0.15, 0.2) is 11.9 Å². The fourth-order valence-corrected chi connectivity index (χ4v) is 4.14. The number of nitrogens with one attached hydrogen (secondary N) is 1. The van der Waals surface area contributed by atoms with Crippen molar-refractivity contribution in [1.29, 1.82) is 0 Å². The lowest BCUT2D eigenvalue weighted by molar-refractivity contribution is -0.366. The summed E-state index contributed by atoms with van der Waals surface area (Å²) in [6.07, 6.45) is -4.22. The van der Waals surface area contributed by atoms with Crippen LogP contribution in [0.5, 0.6) is 5.75 Å². The number of carboxylic acids is 1. The summed E-state index contributed by atoms with van der Waals surface area (Å²) in [5.41, 5.74) is 0. The second kappa shape index (κ2) is 9.26. The molecule has 0 aliphatic carbocycles. The van der Waals surface area contributed by atoms with Gasteiger partial charge in [0.1, 0.15) is 30.1 Å². The molecule has 2 aromatic carbocycles. The van der Waals surface area contributed by atoms with Crippen LogP contribution in [0.2, 0.25) is 0 Å². The molecule has 9 heteroatoms. The summed E-state index contributed by atoms with van der Waals surface area (Å²) >= 11 is 0. The Labute approximate surface area is 191 Å². The molecule has 178 valence electrons. The molecule has 2 fully saturated rings. The topological polar surface area (TPSA) is 113 Å². The number of hydrogen-bond donors (Lipinski definition) is 2. The molecule has 2 aromatic rings. The van der Waals surface area contributed by atoms with E-state index in [1.807, 2.05) is 42.5 Å². The van der Waals surface area contributed by atoms with E-state index in [9.17, 15) is 14.7 Å². The van der Waals surface area contributed by atoms with Gasteiger partial charge in [0, 0.05) is 6.92 Å². The Morgan fingerprint density at radius 3 is 2.61 bits per heavy atom. The Bertz CT molecular complexity index is 1020. The summed E-state index contributed by atoms with van der Waals surface area (Å²) in [6, 6.07) is 12.6. The average molecular weight is 459 g/mol. The van der Waals surface area contributed by atoms with Crippen molar-refractivity contribution in [3.63, 3.8) is 0 Å². The van der Waals surface area contributed by atoms with Crippen LogP contribution in [0, 0.1) is 0 Å². The molecule has 0 saturated carbocycles. The van der Waals surface area contributed by atoms with Crippen molar-refractivity contribution < 1.29 is 38.4 Å².